The highest BCUT2D eigenvalue weighted by molar-refractivity contribution is 6.19. The number of carbonyl (C=O) groups is 1. The Morgan fingerprint density at radius 1 is 0.931 bits per heavy atom. The van der Waals surface area contributed by atoms with Gasteiger partial charge in [0, 0.05) is 16.4 Å². The molecule has 1 heterocycles. The molecule has 3 nitrogen and oxygen atoms in total. The molecule has 0 aliphatic heterocycles. The Morgan fingerprint density at radius 3 is 2.34 bits per heavy atom. The molecule has 3 aromatic carbocycles. The van der Waals surface area contributed by atoms with Crippen LogP contribution >= 0.6 is 0 Å². The zero-order chi connectivity index (χ0) is 20.3. The van der Waals surface area contributed by atoms with Gasteiger partial charge in [0.15, 0.2) is 5.78 Å². The minimum atomic E-state index is -0.497. The number of benzene rings is 3. The number of aliphatic hydroxyl groups excluding tert-OH is 1. The van der Waals surface area contributed by atoms with E-state index < -0.39 is 11.5 Å². The van der Waals surface area contributed by atoms with E-state index in [1.54, 1.807) is 6.92 Å². The van der Waals surface area contributed by atoms with Gasteiger partial charge in [0.2, 0.25) is 0 Å². The largest absolute Gasteiger partial charge is 0.459 e. The van der Waals surface area contributed by atoms with Crippen LogP contribution in [0, 0.1) is 0 Å². The molecule has 1 aliphatic rings. The highest BCUT2D eigenvalue weighted by Gasteiger charge is 2.41. The minimum absolute atomic E-state index is 0.0155. The Balaban J connectivity index is 1.68. The Kier molecular flexibility index (Phi) is 3.80. The lowest BCUT2D eigenvalue weighted by molar-refractivity contribution is 0.102. The zero-order valence-corrected chi connectivity index (χ0v) is 16.7. The molecule has 4 aromatic rings. The topological polar surface area (TPSA) is 50.4 Å². The van der Waals surface area contributed by atoms with Crippen LogP contribution in [0.4, 0.5) is 0 Å². The highest BCUT2D eigenvalue weighted by atomic mass is 16.3. The minimum Gasteiger partial charge on any atom is -0.459 e. The van der Waals surface area contributed by atoms with Crippen LogP contribution in [-0.2, 0) is 5.41 Å². The quantitative estimate of drug-likeness (QED) is 0.461. The van der Waals surface area contributed by atoms with Gasteiger partial charge in [0.1, 0.15) is 11.3 Å². The number of furan rings is 1. The van der Waals surface area contributed by atoms with Crippen LogP contribution < -0.4 is 0 Å². The van der Waals surface area contributed by atoms with E-state index >= 15 is 0 Å². The van der Waals surface area contributed by atoms with Gasteiger partial charge in [-0.05, 0) is 55.2 Å². The van der Waals surface area contributed by atoms with E-state index in [-0.39, 0.29) is 5.78 Å². The molecule has 1 aliphatic carbocycles. The SMILES string of the molecule is CC(O)c1ccc(-c2ccc3c(c2)C(=O)c2c(oc4ccccc24)C3(C)C)cc1. The summed E-state index contributed by atoms with van der Waals surface area (Å²) in [5, 5.41) is 10.6. The molecule has 0 bridgehead atoms. The molecule has 1 unspecified atom stereocenters. The van der Waals surface area contributed by atoms with Gasteiger partial charge in [0.05, 0.1) is 11.7 Å². The third-order valence-corrected chi connectivity index (χ3v) is 6.05. The fourth-order valence-electron chi connectivity index (χ4n) is 4.38. The molecule has 144 valence electrons. The first kappa shape index (κ1) is 17.9. The monoisotopic (exact) mass is 382 g/mol. The molecular weight excluding hydrogens is 360 g/mol. The van der Waals surface area contributed by atoms with Crippen LogP contribution in [0.15, 0.2) is 71.1 Å². The molecule has 3 heteroatoms. The number of fused-ring (bicyclic) bond motifs is 4. The number of hydrogen-bond donors (Lipinski definition) is 1. The molecule has 0 fully saturated rings. The van der Waals surface area contributed by atoms with Crippen molar-refractivity contribution in [3.8, 4) is 11.1 Å². The fourth-order valence-corrected chi connectivity index (χ4v) is 4.38. The molecule has 0 saturated carbocycles. The summed E-state index contributed by atoms with van der Waals surface area (Å²) < 4.78 is 6.14. The maximum absolute atomic E-state index is 13.5. The summed E-state index contributed by atoms with van der Waals surface area (Å²) >= 11 is 0. The van der Waals surface area contributed by atoms with E-state index in [0.717, 1.165) is 44.5 Å². The van der Waals surface area contributed by atoms with Crippen molar-refractivity contribution in [1.82, 2.24) is 0 Å². The molecule has 5 rings (SSSR count). The summed E-state index contributed by atoms with van der Waals surface area (Å²) in [4.78, 5) is 13.5. The molecule has 0 spiro atoms. The molecule has 0 radical (unpaired) electrons. The summed E-state index contributed by atoms with van der Waals surface area (Å²) in [6.07, 6.45) is -0.497. The first-order valence-corrected chi connectivity index (χ1v) is 9.87. The van der Waals surface area contributed by atoms with E-state index in [1.165, 1.54) is 0 Å². The predicted octanol–water partition coefficient (Wildman–Crippen LogP) is 6.02. The number of aliphatic hydroxyl groups is 1. The van der Waals surface area contributed by atoms with Crippen molar-refractivity contribution in [3.63, 3.8) is 0 Å². The van der Waals surface area contributed by atoms with Crippen LogP contribution in [0.25, 0.3) is 22.1 Å². The number of carbonyl (C=O) groups excluding carboxylic acids is 1. The second-order valence-electron chi connectivity index (χ2n) is 8.31. The van der Waals surface area contributed by atoms with E-state index in [0.29, 0.717) is 5.56 Å². The smallest absolute Gasteiger partial charge is 0.197 e. The molecule has 0 amide bonds. The molecule has 1 aromatic heterocycles. The van der Waals surface area contributed by atoms with Gasteiger partial charge in [-0.15, -0.1) is 0 Å². The third kappa shape index (κ3) is 2.58. The van der Waals surface area contributed by atoms with Gasteiger partial charge in [-0.2, -0.15) is 0 Å². The van der Waals surface area contributed by atoms with Gasteiger partial charge in [-0.25, -0.2) is 0 Å². The standard InChI is InChI=1S/C26H22O3/c1-15(27)16-8-10-17(11-9-16)18-12-13-21-20(14-18)24(28)23-19-6-4-5-7-22(19)29-25(23)26(21,2)3/h4-15,27H,1-3H3. The Bertz CT molecular complexity index is 1260. The van der Waals surface area contributed by atoms with Crippen molar-refractivity contribution in [1.29, 1.82) is 0 Å². The van der Waals surface area contributed by atoms with Crippen molar-refractivity contribution in [3.05, 3.63) is 94.7 Å². The Labute approximate surface area is 169 Å². The number of para-hydroxylation sites is 1. The summed E-state index contributed by atoms with van der Waals surface area (Å²) in [7, 11) is 0. The highest BCUT2D eigenvalue weighted by Crippen LogP contribution is 2.46. The van der Waals surface area contributed by atoms with Crippen LogP contribution in [0.1, 0.15) is 59.7 Å². The maximum atomic E-state index is 13.5. The number of ketones is 1. The van der Waals surface area contributed by atoms with Crippen LogP contribution in [0.3, 0.4) is 0 Å². The van der Waals surface area contributed by atoms with Gasteiger partial charge in [-0.1, -0.05) is 54.6 Å². The van der Waals surface area contributed by atoms with Crippen LogP contribution in [0.5, 0.6) is 0 Å². The van der Waals surface area contributed by atoms with Crippen LogP contribution in [0.2, 0.25) is 0 Å². The zero-order valence-electron chi connectivity index (χ0n) is 16.7. The lowest BCUT2D eigenvalue weighted by Gasteiger charge is -2.30. The molecule has 1 N–H and O–H groups in total. The molecular formula is C26H22O3. The predicted molar refractivity (Wildman–Crippen MR) is 114 cm³/mol. The summed E-state index contributed by atoms with van der Waals surface area (Å²) in [5.41, 5.74) is 5.63. The molecule has 1 atom stereocenters. The first-order valence-electron chi connectivity index (χ1n) is 9.87. The molecule has 29 heavy (non-hydrogen) atoms. The third-order valence-electron chi connectivity index (χ3n) is 6.05. The number of hydrogen-bond acceptors (Lipinski definition) is 3. The number of rotatable bonds is 2. The van der Waals surface area contributed by atoms with E-state index in [2.05, 4.69) is 19.9 Å². The van der Waals surface area contributed by atoms with E-state index in [1.807, 2.05) is 60.7 Å². The van der Waals surface area contributed by atoms with E-state index in [9.17, 15) is 9.90 Å². The van der Waals surface area contributed by atoms with Crippen molar-refractivity contribution in [2.75, 3.05) is 0 Å². The van der Waals surface area contributed by atoms with Crippen LogP contribution in [-0.4, -0.2) is 10.9 Å². The molecule has 0 saturated heterocycles. The lowest BCUT2D eigenvalue weighted by atomic mass is 9.71. The summed E-state index contributed by atoms with van der Waals surface area (Å²) in [6, 6.07) is 21.6. The van der Waals surface area contributed by atoms with Crippen molar-refractivity contribution in [2.45, 2.75) is 32.3 Å². The lowest BCUT2D eigenvalue weighted by Crippen LogP contribution is -2.29. The van der Waals surface area contributed by atoms with Gasteiger partial charge >= 0.3 is 0 Å². The van der Waals surface area contributed by atoms with Gasteiger partial charge in [0.25, 0.3) is 0 Å². The average molecular weight is 382 g/mol. The van der Waals surface area contributed by atoms with Crippen molar-refractivity contribution in [2.24, 2.45) is 0 Å². The normalized spacial score (nSPS) is 15.8. The van der Waals surface area contributed by atoms with E-state index in [4.69, 9.17) is 4.42 Å². The summed E-state index contributed by atoms with van der Waals surface area (Å²) in [5.74, 6) is 0.756. The second kappa shape index (κ2) is 6.16. The van der Waals surface area contributed by atoms with Crippen molar-refractivity contribution >= 4 is 16.8 Å². The van der Waals surface area contributed by atoms with Crippen molar-refractivity contribution < 1.29 is 14.3 Å². The first-order chi connectivity index (χ1) is 13.9. The Morgan fingerprint density at radius 2 is 1.62 bits per heavy atom. The van der Waals surface area contributed by atoms with Gasteiger partial charge < -0.3 is 9.52 Å². The summed E-state index contributed by atoms with van der Waals surface area (Å²) in [6.45, 7) is 5.97. The average Bonchev–Trinajstić information content (AvgIpc) is 3.13. The fraction of sp³-hybridized carbons (Fsp3) is 0.192. The second-order valence-corrected chi connectivity index (χ2v) is 8.31. The maximum Gasteiger partial charge on any atom is 0.197 e. The van der Waals surface area contributed by atoms with Gasteiger partial charge in [-0.3, -0.25) is 4.79 Å². The Hall–Kier alpha value is -3.17.